The number of esters is 1. The Bertz CT molecular complexity index is 2710. The highest BCUT2D eigenvalue weighted by Crippen LogP contribution is 2.30. The highest BCUT2D eigenvalue weighted by Gasteiger charge is 2.27. The number of carbonyl (C=O) groups excluding carboxylic acids is 3. The number of hydrogen-bond donors (Lipinski definition) is 1. The zero-order valence-electron chi connectivity index (χ0n) is 45.6. The van der Waals surface area contributed by atoms with Crippen LogP contribution in [-0.4, -0.2) is 85.9 Å². The fourth-order valence-corrected chi connectivity index (χ4v) is 13.4. The van der Waals surface area contributed by atoms with Crippen molar-refractivity contribution in [1.29, 1.82) is 0 Å². The molecular weight excluding hydrogens is 1150 g/mol. The summed E-state index contributed by atoms with van der Waals surface area (Å²) in [4.78, 5) is 50.6. The average molecular weight is 1220 g/mol. The van der Waals surface area contributed by atoms with Gasteiger partial charge < -0.3 is 39.5 Å². The van der Waals surface area contributed by atoms with Gasteiger partial charge in [-0.1, -0.05) is 179 Å². The Labute approximate surface area is 484 Å². The number of ether oxygens (including phenoxy) is 2. The number of rotatable bonds is 22. The second-order valence-electron chi connectivity index (χ2n) is 18.1. The minimum atomic E-state index is -1.18. The number of carboxylic acids is 3. The van der Waals surface area contributed by atoms with Gasteiger partial charge >= 0.3 is 33.1 Å². The summed E-state index contributed by atoms with van der Waals surface area (Å²) in [7, 11) is -0.0465. The van der Waals surface area contributed by atoms with Crippen molar-refractivity contribution in [2.24, 2.45) is 0 Å². The van der Waals surface area contributed by atoms with Crippen molar-refractivity contribution >= 4 is 45.7 Å². The van der Waals surface area contributed by atoms with Crippen molar-refractivity contribution in [1.82, 2.24) is 4.90 Å². The summed E-state index contributed by atoms with van der Waals surface area (Å²) in [6, 6.07) is 61.7. The van der Waals surface area contributed by atoms with Crippen LogP contribution < -0.4 is 36.5 Å². The van der Waals surface area contributed by atoms with E-state index in [4.69, 9.17) is 14.6 Å². The molecule has 11 nitrogen and oxygen atoms in total. The number of benzene rings is 7. The molecule has 418 valence electrons. The van der Waals surface area contributed by atoms with Gasteiger partial charge in [-0.3, -0.25) is 9.69 Å². The third kappa shape index (κ3) is 25.9. The molecule has 0 amide bonds. The second kappa shape index (κ2) is 39.0. The molecule has 1 N–H and O–H groups in total. The molecule has 7 aromatic carbocycles. The van der Waals surface area contributed by atoms with Gasteiger partial charge in [-0.2, -0.15) is 0 Å². The average Bonchev–Trinajstić information content (AvgIpc) is 3.48. The first kappa shape index (κ1) is 65.1. The third-order valence-corrected chi connectivity index (χ3v) is 18.2. The Morgan fingerprint density at radius 1 is 0.557 bits per heavy atom. The van der Waals surface area contributed by atoms with Crippen LogP contribution in [0.5, 0.6) is 5.75 Å². The smallest absolute Gasteiger partial charge is 0.358 e. The van der Waals surface area contributed by atoms with Crippen LogP contribution >= 0.6 is 0 Å². The van der Waals surface area contributed by atoms with Crippen LogP contribution in [0.3, 0.4) is 0 Å². The molecule has 1 aliphatic rings. The predicted molar refractivity (Wildman–Crippen MR) is 307 cm³/mol. The molecule has 0 saturated carbocycles. The lowest BCUT2D eigenvalue weighted by Gasteiger charge is -2.26. The predicted octanol–water partition coefficient (Wildman–Crippen LogP) is 7.49. The zero-order chi connectivity index (χ0) is 56.9. The SMILES string of the molecule is CCCCCCCCCCCC(=O)OCCN1CCOCC1.C[S+](C)c1ccccc1C(=O)[O-].O=C(O)c1ccccc1[O-].O=C([O-])c1ccccc1[I+]c1ccccc1.c1ccc([S+](c2ccccc2)c2ccccc2)cc1. The molecular formula is C65H74INO10S2. The third-order valence-electron chi connectivity index (χ3n) is 11.9. The number of unbranched alkanes of at least 4 members (excludes halogenated alkanes) is 8. The van der Waals surface area contributed by atoms with Crippen LogP contribution in [0.1, 0.15) is 102 Å². The minimum Gasteiger partial charge on any atom is -0.872 e. The fourth-order valence-electron chi connectivity index (χ4n) is 7.78. The number of para-hydroxylation sites is 1. The number of nitrogens with zero attached hydrogens (tertiary/aromatic N) is 1. The molecule has 0 aromatic heterocycles. The van der Waals surface area contributed by atoms with Crippen LogP contribution in [0.15, 0.2) is 214 Å². The molecule has 7 aromatic rings. The Morgan fingerprint density at radius 2 is 0.987 bits per heavy atom. The Kier molecular flexibility index (Phi) is 32.2. The summed E-state index contributed by atoms with van der Waals surface area (Å²) < 4.78 is 12.7. The zero-order valence-corrected chi connectivity index (χ0v) is 49.3. The summed E-state index contributed by atoms with van der Waals surface area (Å²) in [6.45, 7) is 7.12. The number of carbonyl (C=O) groups is 4. The number of morpholine rings is 1. The Hall–Kier alpha value is -6.43. The van der Waals surface area contributed by atoms with E-state index in [0.717, 1.165) is 54.2 Å². The fraction of sp³-hybridized carbons (Fsp3) is 0.292. The van der Waals surface area contributed by atoms with Crippen LogP contribution in [-0.2, 0) is 36.1 Å². The van der Waals surface area contributed by atoms with E-state index >= 15 is 0 Å². The number of halogens is 1. The molecule has 0 spiro atoms. The molecule has 0 radical (unpaired) electrons. The second-order valence-corrected chi connectivity index (χ2v) is 25.1. The number of hydrogen-bond acceptors (Lipinski definition) is 10. The van der Waals surface area contributed by atoms with Gasteiger partial charge in [0, 0.05) is 37.0 Å². The Morgan fingerprint density at radius 3 is 1.44 bits per heavy atom. The molecule has 1 fully saturated rings. The highest BCUT2D eigenvalue weighted by atomic mass is 127. The van der Waals surface area contributed by atoms with Crippen LogP contribution in [0.2, 0.25) is 0 Å². The standard InChI is InChI=1S/C18H35NO3.C18H15S.C13H9IO2.C9H10O2S.C7H6O3/c1-2-3-4-5-6-7-8-9-10-11-18(20)22-17-14-19-12-15-21-16-13-19;1-4-10-16(11-5-1)19(17-12-6-2-7-13-17)18-14-8-3-9-15-18;15-13(16)11-8-4-5-9-12(11)14-10-6-2-1-3-7-10;1-12(2)8-6-4-3-5-7(8)9(10)11;8-6-4-2-1-3-5(6)7(9)10/h2-17H2,1H3;1-15H;1-9H;3-6H,1-2H3;1-4,8H,(H,9,10)/q;+1;;;/p-1. The molecule has 0 unspecified atom stereocenters. The molecule has 0 bridgehead atoms. The normalized spacial score (nSPS) is 11.7. The van der Waals surface area contributed by atoms with Gasteiger partial charge in [0.05, 0.1) is 52.7 Å². The molecule has 8 rings (SSSR count). The van der Waals surface area contributed by atoms with Crippen molar-refractivity contribution in [2.75, 3.05) is 52.0 Å². The summed E-state index contributed by atoms with van der Waals surface area (Å²) >= 11 is -0.447. The lowest BCUT2D eigenvalue weighted by atomic mass is 10.1. The van der Waals surface area contributed by atoms with Crippen LogP contribution in [0.25, 0.3) is 0 Å². The molecule has 1 aliphatic heterocycles. The molecule has 0 aliphatic carbocycles. The van der Waals surface area contributed by atoms with Crippen molar-refractivity contribution in [3.8, 4) is 5.75 Å². The van der Waals surface area contributed by atoms with Crippen LogP contribution in [0, 0.1) is 7.14 Å². The van der Waals surface area contributed by atoms with E-state index in [0.29, 0.717) is 24.2 Å². The van der Waals surface area contributed by atoms with E-state index in [-0.39, 0.29) is 33.3 Å². The first-order valence-corrected chi connectivity index (χ1v) is 32.0. The quantitative estimate of drug-likeness (QED) is 0.0308. The van der Waals surface area contributed by atoms with E-state index < -0.39 is 44.9 Å². The Balaban J connectivity index is 0.000000218. The van der Waals surface area contributed by atoms with Gasteiger partial charge in [0.2, 0.25) is 3.57 Å². The number of carboxylic acid groups (broad SMARTS) is 3. The van der Waals surface area contributed by atoms with E-state index in [1.54, 1.807) is 24.3 Å². The van der Waals surface area contributed by atoms with Crippen LogP contribution in [0.4, 0.5) is 0 Å². The molecule has 1 saturated heterocycles. The first-order chi connectivity index (χ1) is 38.4. The van der Waals surface area contributed by atoms with E-state index in [1.807, 2.05) is 67.1 Å². The van der Waals surface area contributed by atoms with Crippen molar-refractivity contribution in [2.45, 2.75) is 90.7 Å². The lowest BCUT2D eigenvalue weighted by molar-refractivity contribution is -0.598. The largest absolute Gasteiger partial charge is 0.872 e. The van der Waals surface area contributed by atoms with Crippen molar-refractivity contribution in [3.63, 3.8) is 0 Å². The maximum atomic E-state index is 11.6. The summed E-state index contributed by atoms with van der Waals surface area (Å²) in [5.41, 5.74) is 0.451. The van der Waals surface area contributed by atoms with E-state index in [1.165, 1.54) is 87.5 Å². The van der Waals surface area contributed by atoms with Gasteiger partial charge in [-0.15, -0.1) is 0 Å². The van der Waals surface area contributed by atoms with Gasteiger partial charge in [-0.05, 0) is 85.3 Å². The van der Waals surface area contributed by atoms with Crippen molar-refractivity contribution < 1.29 is 70.3 Å². The summed E-state index contributed by atoms with van der Waals surface area (Å²) in [5, 5.41) is 40.6. The molecule has 14 heteroatoms. The maximum absolute atomic E-state index is 11.6. The maximum Gasteiger partial charge on any atom is 0.358 e. The van der Waals surface area contributed by atoms with E-state index in [9.17, 15) is 34.5 Å². The summed E-state index contributed by atoms with van der Waals surface area (Å²) in [6.07, 6.45) is 16.1. The molecule has 79 heavy (non-hydrogen) atoms. The number of aromatic carboxylic acids is 3. The molecule has 0 atom stereocenters. The summed E-state index contributed by atoms with van der Waals surface area (Å²) in [5.74, 6) is -3.84. The lowest BCUT2D eigenvalue weighted by Crippen LogP contribution is -3.61. The van der Waals surface area contributed by atoms with Gasteiger partial charge in [0.15, 0.2) is 23.2 Å². The van der Waals surface area contributed by atoms with E-state index in [2.05, 4.69) is 103 Å². The van der Waals surface area contributed by atoms with Crippen molar-refractivity contribution in [3.05, 3.63) is 218 Å². The highest BCUT2D eigenvalue weighted by molar-refractivity contribution is 7.97. The van der Waals surface area contributed by atoms with Gasteiger partial charge in [-0.25, -0.2) is 4.79 Å². The van der Waals surface area contributed by atoms with Gasteiger partial charge in [0.1, 0.15) is 19.1 Å². The monoisotopic (exact) mass is 1220 g/mol. The minimum absolute atomic E-state index is 0.0146. The van der Waals surface area contributed by atoms with Gasteiger partial charge in [0.25, 0.3) is 0 Å². The topological polar surface area (TPSA) is 179 Å². The first-order valence-electron chi connectivity index (χ1n) is 26.6. The molecule has 1 heterocycles.